The molecule has 0 aromatic rings. The van der Waals surface area contributed by atoms with Crippen molar-refractivity contribution >= 4 is 9.84 Å². The van der Waals surface area contributed by atoms with E-state index >= 15 is 0 Å². The van der Waals surface area contributed by atoms with Crippen molar-refractivity contribution in [3.8, 4) is 0 Å². The highest BCUT2D eigenvalue weighted by molar-refractivity contribution is 7.93. The Hall–Kier alpha value is -0.0900. The maximum absolute atomic E-state index is 11.2. The molecule has 0 spiro atoms. The first-order valence-corrected chi connectivity index (χ1v) is 5.15. The van der Waals surface area contributed by atoms with Crippen molar-refractivity contribution in [3.63, 3.8) is 0 Å². The van der Waals surface area contributed by atoms with Gasteiger partial charge in [-0.05, 0) is 12.8 Å². The number of rotatable bonds is 3. The highest BCUT2D eigenvalue weighted by Crippen LogP contribution is 2.42. The topological polar surface area (TPSA) is 60.2 Å². The average Bonchev–Trinajstić information content (AvgIpc) is 2.67. The molecule has 60 valence electrons. The Labute approximate surface area is 61.5 Å². The molecule has 0 atom stereocenters. The van der Waals surface area contributed by atoms with Crippen LogP contribution in [0.25, 0.3) is 0 Å². The second-order valence-electron chi connectivity index (χ2n) is 2.79. The van der Waals surface area contributed by atoms with Crippen LogP contribution in [0.1, 0.15) is 19.8 Å². The zero-order chi connectivity index (χ0) is 7.83. The lowest BCUT2D eigenvalue weighted by Crippen LogP contribution is -2.32. The lowest BCUT2D eigenvalue weighted by atomic mass is 10.4. The molecule has 0 aromatic heterocycles. The monoisotopic (exact) mass is 163 g/mol. The molecule has 0 bridgehead atoms. The summed E-state index contributed by atoms with van der Waals surface area (Å²) in [5.74, 6) is 0.226. The van der Waals surface area contributed by atoms with Crippen molar-refractivity contribution in [3.05, 3.63) is 0 Å². The molecule has 0 amide bonds. The van der Waals surface area contributed by atoms with Gasteiger partial charge in [-0.15, -0.1) is 0 Å². The van der Waals surface area contributed by atoms with Gasteiger partial charge in [-0.2, -0.15) is 0 Å². The van der Waals surface area contributed by atoms with E-state index in [0.29, 0.717) is 6.54 Å². The van der Waals surface area contributed by atoms with Gasteiger partial charge in [-0.25, -0.2) is 8.42 Å². The van der Waals surface area contributed by atoms with E-state index in [0.717, 1.165) is 12.8 Å². The molecule has 1 aliphatic rings. The molecular formula is C6H13NO2S. The number of sulfone groups is 1. The Bertz CT molecular complexity index is 216. The first-order valence-electron chi connectivity index (χ1n) is 3.50. The zero-order valence-electron chi connectivity index (χ0n) is 6.13. The van der Waals surface area contributed by atoms with Gasteiger partial charge in [0.25, 0.3) is 0 Å². The number of hydrogen-bond acceptors (Lipinski definition) is 3. The summed E-state index contributed by atoms with van der Waals surface area (Å²) in [7, 11) is -2.86. The fourth-order valence-electron chi connectivity index (χ4n) is 1.09. The van der Waals surface area contributed by atoms with Crippen molar-refractivity contribution < 1.29 is 8.42 Å². The summed E-state index contributed by atoms with van der Waals surface area (Å²) in [5, 5.41) is 0. The van der Waals surface area contributed by atoms with Gasteiger partial charge in [0.2, 0.25) is 0 Å². The van der Waals surface area contributed by atoms with E-state index in [4.69, 9.17) is 5.73 Å². The van der Waals surface area contributed by atoms with Gasteiger partial charge < -0.3 is 5.73 Å². The van der Waals surface area contributed by atoms with E-state index in [-0.39, 0.29) is 5.75 Å². The van der Waals surface area contributed by atoms with E-state index in [1.807, 2.05) is 0 Å². The Morgan fingerprint density at radius 3 is 2.10 bits per heavy atom. The van der Waals surface area contributed by atoms with Crippen LogP contribution in [0.4, 0.5) is 0 Å². The summed E-state index contributed by atoms with van der Waals surface area (Å²) in [6, 6.07) is 0. The quantitative estimate of drug-likeness (QED) is 0.632. The van der Waals surface area contributed by atoms with Crippen LogP contribution in [0.3, 0.4) is 0 Å². The van der Waals surface area contributed by atoms with Gasteiger partial charge in [-0.1, -0.05) is 6.92 Å². The maximum Gasteiger partial charge on any atom is 0.156 e. The molecule has 0 saturated heterocycles. The third-order valence-electron chi connectivity index (χ3n) is 2.22. The van der Waals surface area contributed by atoms with Crippen LogP contribution in [0.5, 0.6) is 0 Å². The third-order valence-corrected chi connectivity index (χ3v) is 4.87. The van der Waals surface area contributed by atoms with Crippen LogP contribution < -0.4 is 5.73 Å². The van der Waals surface area contributed by atoms with E-state index in [1.165, 1.54) is 0 Å². The highest BCUT2D eigenvalue weighted by atomic mass is 32.2. The van der Waals surface area contributed by atoms with Crippen LogP contribution >= 0.6 is 0 Å². The standard InChI is InChI=1S/C6H13NO2S/c1-2-10(8,9)6(5-7)3-4-6/h2-5,7H2,1H3. The Morgan fingerprint density at radius 2 is 2.00 bits per heavy atom. The summed E-state index contributed by atoms with van der Waals surface area (Å²) in [5.41, 5.74) is 5.35. The fourth-order valence-corrected chi connectivity index (χ4v) is 2.68. The molecule has 1 fully saturated rings. The van der Waals surface area contributed by atoms with E-state index in [2.05, 4.69) is 0 Å². The molecule has 2 N–H and O–H groups in total. The average molecular weight is 163 g/mol. The van der Waals surface area contributed by atoms with Gasteiger partial charge in [0.1, 0.15) is 0 Å². The largest absolute Gasteiger partial charge is 0.329 e. The normalized spacial score (nSPS) is 22.6. The predicted octanol–water partition coefficient (Wildman–Crippen LogP) is -0.0876. The van der Waals surface area contributed by atoms with Gasteiger partial charge in [-0.3, -0.25) is 0 Å². The van der Waals surface area contributed by atoms with Gasteiger partial charge in [0.05, 0.1) is 4.75 Å². The van der Waals surface area contributed by atoms with Crippen LogP contribution in [-0.4, -0.2) is 25.5 Å². The maximum atomic E-state index is 11.2. The van der Waals surface area contributed by atoms with Crippen molar-refractivity contribution in [1.82, 2.24) is 0 Å². The molecule has 4 heteroatoms. The second-order valence-corrected chi connectivity index (χ2v) is 5.46. The fraction of sp³-hybridized carbons (Fsp3) is 1.00. The molecule has 10 heavy (non-hydrogen) atoms. The molecule has 1 aliphatic carbocycles. The van der Waals surface area contributed by atoms with E-state index in [9.17, 15) is 8.42 Å². The molecule has 1 rings (SSSR count). The first-order chi connectivity index (χ1) is 4.58. The van der Waals surface area contributed by atoms with Gasteiger partial charge >= 0.3 is 0 Å². The second kappa shape index (κ2) is 2.20. The number of nitrogens with two attached hydrogens (primary N) is 1. The minimum absolute atomic E-state index is 0.226. The van der Waals surface area contributed by atoms with Crippen LogP contribution in [0, 0.1) is 0 Å². The van der Waals surface area contributed by atoms with Crippen molar-refractivity contribution in [1.29, 1.82) is 0 Å². The molecule has 1 saturated carbocycles. The molecule has 0 heterocycles. The molecule has 0 aliphatic heterocycles. The predicted molar refractivity (Wildman–Crippen MR) is 40.5 cm³/mol. The summed E-state index contributed by atoms with van der Waals surface area (Å²) in [4.78, 5) is 0. The minimum atomic E-state index is -2.86. The third kappa shape index (κ3) is 0.953. The summed E-state index contributed by atoms with van der Waals surface area (Å²) in [6.07, 6.45) is 1.53. The summed E-state index contributed by atoms with van der Waals surface area (Å²) >= 11 is 0. The summed E-state index contributed by atoms with van der Waals surface area (Å²) in [6.45, 7) is 1.97. The van der Waals surface area contributed by atoms with Crippen LogP contribution in [-0.2, 0) is 9.84 Å². The van der Waals surface area contributed by atoms with Crippen molar-refractivity contribution in [2.75, 3.05) is 12.3 Å². The zero-order valence-corrected chi connectivity index (χ0v) is 6.95. The molecular weight excluding hydrogens is 150 g/mol. The lowest BCUT2D eigenvalue weighted by molar-refractivity contribution is 0.578. The molecule has 0 radical (unpaired) electrons. The first kappa shape index (κ1) is 8.01. The van der Waals surface area contributed by atoms with E-state index < -0.39 is 14.6 Å². The Balaban J connectivity index is 2.83. The van der Waals surface area contributed by atoms with Crippen molar-refractivity contribution in [2.45, 2.75) is 24.5 Å². The van der Waals surface area contributed by atoms with Crippen molar-refractivity contribution in [2.24, 2.45) is 5.73 Å². The Kier molecular flexibility index (Phi) is 1.76. The molecule has 0 unspecified atom stereocenters. The van der Waals surface area contributed by atoms with E-state index in [1.54, 1.807) is 6.92 Å². The van der Waals surface area contributed by atoms with Gasteiger partial charge in [0, 0.05) is 12.3 Å². The number of hydrogen-bond donors (Lipinski definition) is 1. The molecule has 0 aromatic carbocycles. The lowest BCUT2D eigenvalue weighted by Gasteiger charge is -2.10. The summed E-state index contributed by atoms with van der Waals surface area (Å²) < 4.78 is 22.0. The highest BCUT2D eigenvalue weighted by Gasteiger charge is 2.51. The van der Waals surface area contributed by atoms with Crippen LogP contribution in [0.2, 0.25) is 0 Å². The van der Waals surface area contributed by atoms with Crippen LogP contribution in [0.15, 0.2) is 0 Å². The SMILES string of the molecule is CCS(=O)(=O)C1(CN)CC1. The Morgan fingerprint density at radius 1 is 1.50 bits per heavy atom. The van der Waals surface area contributed by atoms with Gasteiger partial charge in [0.15, 0.2) is 9.84 Å². The molecule has 3 nitrogen and oxygen atoms in total. The minimum Gasteiger partial charge on any atom is -0.329 e. The smallest absolute Gasteiger partial charge is 0.156 e.